The average molecular weight is 445 g/mol. The molecule has 2 aliphatic rings. The topological polar surface area (TPSA) is 90.1 Å². The van der Waals surface area contributed by atoms with E-state index in [0.717, 1.165) is 25.8 Å². The highest BCUT2D eigenvalue weighted by Crippen LogP contribution is 2.43. The zero-order valence-electron chi connectivity index (χ0n) is 18.7. The third kappa shape index (κ3) is 3.71. The molecule has 2 unspecified atom stereocenters. The fourth-order valence-corrected chi connectivity index (χ4v) is 4.64. The smallest absolute Gasteiger partial charge is 0.350 e. The molecule has 1 aromatic carbocycles. The van der Waals surface area contributed by atoms with Gasteiger partial charge in [-0.15, -0.1) is 0 Å². The highest BCUT2D eigenvalue weighted by atomic mass is 19.1. The van der Waals surface area contributed by atoms with E-state index in [0.29, 0.717) is 35.7 Å². The van der Waals surface area contributed by atoms with Crippen molar-refractivity contribution < 1.29 is 9.13 Å². The minimum absolute atomic E-state index is 0.0422. The Morgan fingerprint density at radius 1 is 1.38 bits per heavy atom. The van der Waals surface area contributed by atoms with E-state index in [1.54, 1.807) is 0 Å². The summed E-state index contributed by atoms with van der Waals surface area (Å²) >= 11 is 0. The van der Waals surface area contributed by atoms with Crippen molar-refractivity contribution in [2.75, 3.05) is 51.1 Å². The van der Waals surface area contributed by atoms with E-state index in [2.05, 4.69) is 9.74 Å². The van der Waals surface area contributed by atoms with Gasteiger partial charge in [-0.3, -0.25) is 14.3 Å². The summed E-state index contributed by atoms with van der Waals surface area (Å²) in [4.78, 5) is 33.0. The molecular weight excluding hydrogens is 415 g/mol. The molecule has 1 aliphatic carbocycles. The Balaban J connectivity index is 1.74. The predicted octanol–water partition coefficient (Wildman–Crippen LogP) is 1.43. The van der Waals surface area contributed by atoms with Crippen molar-refractivity contribution in [3.63, 3.8) is 0 Å². The Bertz CT molecular complexity index is 1200. The van der Waals surface area contributed by atoms with Crippen molar-refractivity contribution >= 4 is 16.6 Å². The van der Waals surface area contributed by atoms with Gasteiger partial charge in [-0.05, 0) is 45.2 Å². The van der Waals surface area contributed by atoms with Gasteiger partial charge < -0.3 is 20.3 Å². The van der Waals surface area contributed by atoms with Crippen LogP contribution in [0.5, 0.6) is 5.75 Å². The zero-order chi connectivity index (χ0) is 23.2. The number of nitrogen functional groups attached to an aromatic ring is 1. The number of benzene rings is 1. The molecule has 1 saturated carbocycles. The van der Waals surface area contributed by atoms with Crippen LogP contribution in [0.15, 0.2) is 15.7 Å². The van der Waals surface area contributed by atoms with Crippen LogP contribution < -0.4 is 26.7 Å². The van der Waals surface area contributed by atoms with Crippen molar-refractivity contribution in [3.05, 3.63) is 44.1 Å². The Labute approximate surface area is 185 Å². The molecule has 0 bridgehead atoms. The highest BCUT2D eigenvalue weighted by Gasteiger charge is 2.34. The van der Waals surface area contributed by atoms with Crippen LogP contribution in [0, 0.1) is 18.3 Å². The Hall–Kier alpha value is -3.06. The molecule has 2 atom stereocenters. The number of nitrogens with zero attached hydrogens (tertiary/aromatic N) is 5. The summed E-state index contributed by atoms with van der Waals surface area (Å²) in [6.07, 6.45) is 2.46. The Morgan fingerprint density at radius 2 is 2.09 bits per heavy atom. The third-order valence-electron chi connectivity index (χ3n) is 6.66. The van der Waals surface area contributed by atoms with Crippen LogP contribution in [0.25, 0.3) is 15.7 Å². The van der Waals surface area contributed by atoms with Gasteiger partial charge in [-0.25, -0.2) is 15.8 Å². The summed E-state index contributed by atoms with van der Waals surface area (Å²) in [7, 11) is 3.43. The number of anilines is 1. The second kappa shape index (κ2) is 8.47. The van der Waals surface area contributed by atoms with Gasteiger partial charge >= 0.3 is 5.69 Å². The van der Waals surface area contributed by atoms with Crippen molar-refractivity contribution in [2.45, 2.75) is 38.3 Å². The minimum atomic E-state index is -0.736. The quantitative estimate of drug-likeness (QED) is 0.513. The van der Waals surface area contributed by atoms with E-state index in [9.17, 15) is 9.59 Å². The first-order valence-electron chi connectivity index (χ1n) is 10.9. The number of aromatic nitrogens is 2. The van der Waals surface area contributed by atoms with Crippen LogP contribution >= 0.6 is 0 Å². The van der Waals surface area contributed by atoms with Crippen LogP contribution in [-0.2, 0) is 0 Å². The van der Waals surface area contributed by atoms with Gasteiger partial charge in [0.25, 0.3) is 5.56 Å². The predicted molar refractivity (Wildman–Crippen MR) is 121 cm³/mol. The maximum atomic E-state index is 15.4. The normalized spacial score (nSPS) is 19.5. The van der Waals surface area contributed by atoms with Crippen LogP contribution in [0.3, 0.4) is 0 Å². The molecule has 10 heteroatoms. The van der Waals surface area contributed by atoms with Crippen molar-refractivity contribution in [1.82, 2.24) is 14.1 Å². The van der Waals surface area contributed by atoms with E-state index >= 15 is 4.39 Å². The van der Waals surface area contributed by atoms with E-state index in [1.807, 2.05) is 18.9 Å². The minimum Gasteiger partial charge on any atom is -0.492 e. The number of hydrogen-bond donors (Lipinski definition) is 1. The number of ether oxygens (including phenoxy) is 1. The standard InChI is InChI=1S/C22H29FN6O3/c1-13(10-25-2)26(3)11-14-7-8-27(12-14)19-17(23)9-16-18(20(19)32-4)28(15-5-6-15)22(31)29(24)21(16)30/h9,13-15H,5-8,10-12,24H2,1,3-4H3. The van der Waals surface area contributed by atoms with E-state index in [4.69, 9.17) is 17.2 Å². The van der Waals surface area contributed by atoms with Gasteiger partial charge in [-0.2, -0.15) is 4.68 Å². The third-order valence-corrected chi connectivity index (χ3v) is 6.66. The lowest BCUT2D eigenvalue weighted by Gasteiger charge is -2.26. The first-order chi connectivity index (χ1) is 15.3. The van der Waals surface area contributed by atoms with Gasteiger partial charge in [0, 0.05) is 25.7 Å². The van der Waals surface area contributed by atoms with Gasteiger partial charge in [0.05, 0.1) is 18.5 Å². The molecule has 2 aromatic rings. The molecule has 2 fully saturated rings. The summed E-state index contributed by atoms with van der Waals surface area (Å²) in [5, 5.41) is 0.0422. The fraction of sp³-hybridized carbons (Fsp3) is 0.591. The SMILES string of the molecule is [C-]#[N+]CC(C)N(C)CC1CCN(c2c(F)cc3c(=O)n(N)c(=O)n(C4CC4)c3c2OC)C1. The van der Waals surface area contributed by atoms with E-state index in [-0.39, 0.29) is 28.9 Å². The van der Waals surface area contributed by atoms with Gasteiger partial charge in [-0.1, -0.05) is 0 Å². The first-order valence-corrected chi connectivity index (χ1v) is 10.9. The Morgan fingerprint density at radius 3 is 2.72 bits per heavy atom. The molecule has 32 heavy (non-hydrogen) atoms. The number of halogens is 1. The molecule has 0 spiro atoms. The lowest BCUT2D eigenvalue weighted by Crippen LogP contribution is -2.44. The second-order valence-electron chi connectivity index (χ2n) is 8.93. The molecule has 2 heterocycles. The number of likely N-dealkylation sites (N-methyl/N-ethyl adjacent to an activating group) is 1. The molecule has 9 nitrogen and oxygen atoms in total. The number of methoxy groups -OCH3 is 1. The van der Waals surface area contributed by atoms with Crippen LogP contribution in [-0.4, -0.2) is 60.5 Å². The molecule has 0 radical (unpaired) electrons. The van der Waals surface area contributed by atoms with Crippen molar-refractivity contribution in [2.24, 2.45) is 5.92 Å². The second-order valence-corrected chi connectivity index (χ2v) is 8.93. The van der Waals surface area contributed by atoms with Crippen LogP contribution in [0.2, 0.25) is 0 Å². The fourth-order valence-electron chi connectivity index (χ4n) is 4.64. The zero-order valence-corrected chi connectivity index (χ0v) is 18.7. The highest BCUT2D eigenvalue weighted by molar-refractivity contribution is 5.91. The maximum absolute atomic E-state index is 15.4. The molecule has 1 aliphatic heterocycles. The Kier molecular flexibility index (Phi) is 5.86. The molecule has 0 amide bonds. The molecular formula is C22H29FN6O3. The summed E-state index contributed by atoms with van der Waals surface area (Å²) < 4.78 is 23.0. The molecule has 172 valence electrons. The molecule has 4 rings (SSSR count). The lowest BCUT2D eigenvalue weighted by atomic mass is 10.1. The number of fused-ring (bicyclic) bond motifs is 1. The largest absolute Gasteiger partial charge is 0.492 e. The van der Waals surface area contributed by atoms with Crippen LogP contribution in [0.4, 0.5) is 10.1 Å². The van der Waals surface area contributed by atoms with E-state index in [1.165, 1.54) is 17.7 Å². The number of rotatable bonds is 7. The van der Waals surface area contributed by atoms with Crippen molar-refractivity contribution in [3.8, 4) is 5.75 Å². The summed E-state index contributed by atoms with van der Waals surface area (Å²) in [5.41, 5.74) is -0.757. The van der Waals surface area contributed by atoms with Gasteiger partial charge in [0.2, 0.25) is 6.54 Å². The maximum Gasteiger partial charge on any atom is 0.350 e. The monoisotopic (exact) mass is 444 g/mol. The molecule has 2 N–H and O–H groups in total. The van der Waals surface area contributed by atoms with E-state index < -0.39 is 17.1 Å². The molecule has 1 saturated heterocycles. The first kappa shape index (κ1) is 22.1. The summed E-state index contributed by atoms with van der Waals surface area (Å²) in [6, 6.07) is 1.26. The van der Waals surface area contributed by atoms with Gasteiger partial charge in [0.1, 0.15) is 11.2 Å². The van der Waals surface area contributed by atoms with Gasteiger partial charge in [0.15, 0.2) is 11.6 Å². The summed E-state index contributed by atoms with van der Waals surface area (Å²) in [6.45, 7) is 11.6. The number of nitrogens with two attached hydrogens (primary N) is 1. The summed E-state index contributed by atoms with van der Waals surface area (Å²) in [5.74, 6) is 5.64. The van der Waals surface area contributed by atoms with Crippen LogP contribution in [0.1, 0.15) is 32.2 Å². The number of hydrogen-bond acceptors (Lipinski definition) is 6. The van der Waals surface area contributed by atoms with Crippen molar-refractivity contribution in [1.29, 1.82) is 0 Å². The lowest BCUT2D eigenvalue weighted by molar-refractivity contribution is 0.235. The molecule has 1 aromatic heterocycles. The average Bonchev–Trinajstić information content (AvgIpc) is 3.50.